The third-order valence-electron chi connectivity index (χ3n) is 4.36. The van der Waals surface area contributed by atoms with Crippen LogP contribution in [0.1, 0.15) is 5.56 Å². The minimum Gasteiger partial charge on any atom is -0.216 e. The third-order valence-corrected chi connectivity index (χ3v) is 4.36. The van der Waals surface area contributed by atoms with Gasteiger partial charge in [0.15, 0.2) is 17.1 Å². The third kappa shape index (κ3) is 2.17. The number of fused-ring (bicyclic) bond motifs is 3. The summed E-state index contributed by atoms with van der Waals surface area (Å²) in [4.78, 5) is 9.16. The SMILES string of the molecule is Cc1ccccc1-c1nc2c3cnn(-c4ccc(F)cc4)c3ncn2n1. The fraction of sp³-hybridized carbons (Fsp3) is 0.0526. The van der Waals surface area contributed by atoms with Crippen LogP contribution in [0.5, 0.6) is 0 Å². The van der Waals surface area contributed by atoms with Crippen LogP contribution < -0.4 is 0 Å². The lowest BCUT2D eigenvalue weighted by molar-refractivity contribution is 0.627. The topological polar surface area (TPSA) is 60.9 Å². The highest BCUT2D eigenvalue weighted by molar-refractivity contribution is 5.90. The fourth-order valence-electron chi connectivity index (χ4n) is 3.03. The quantitative estimate of drug-likeness (QED) is 0.491. The summed E-state index contributed by atoms with van der Waals surface area (Å²) in [7, 11) is 0. The minimum atomic E-state index is -0.291. The highest BCUT2D eigenvalue weighted by Crippen LogP contribution is 2.24. The van der Waals surface area contributed by atoms with E-state index < -0.39 is 0 Å². The average molecular weight is 344 g/mol. The number of halogens is 1. The Hall–Kier alpha value is -3.61. The Labute approximate surface area is 147 Å². The first-order chi connectivity index (χ1) is 12.7. The van der Waals surface area contributed by atoms with E-state index in [2.05, 4.69) is 15.2 Å². The second-order valence-corrected chi connectivity index (χ2v) is 6.03. The van der Waals surface area contributed by atoms with Crippen LogP contribution in [0, 0.1) is 12.7 Å². The number of rotatable bonds is 2. The highest BCUT2D eigenvalue weighted by Gasteiger charge is 2.15. The van der Waals surface area contributed by atoms with Gasteiger partial charge in [0.25, 0.3) is 0 Å². The van der Waals surface area contributed by atoms with Gasteiger partial charge < -0.3 is 0 Å². The number of nitrogens with zero attached hydrogens (tertiary/aromatic N) is 6. The van der Waals surface area contributed by atoms with Gasteiger partial charge >= 0.3 is 0 Å². The molecule has 0 radical (unpaired) electrons. The first-order valence-electron chi connectivity index (χ1n) is 8.12. The molecule has 2 aromatic carbocycles. The molecular weight excluding hydrogens is 331 g/mol. The van der Waals surface area contributed by atoms with E-state index in [9.17, 15) is 4.39 Å². The number of benzene rings is 2. The summed E-state index contributed by atoms with van der Waals surface area (Å²) in [6.45, 7) is 2.03. The Bertz CT molecular complexity index is 1250. The first-order valence-corrected chi connectivity index (χ1v) is 8.12. The molecule has 26 heavy (non-hydrogen) atoms. The van der Waals surface area contributed by atoms with Crippen LogP contribution in [0.2, 0.25) is 0 Å². The summed E-state index contributed by atoms with van der Waals surface area (Å²) < 4.78 is 16.5. The minimum absolute atomic E-state index is 0.291. The van der Waals surface area contributed by atoms with Gasteiger partial charge in [-0.05, 0) is 36.8 Å². The molecular formula is C19H13FN6. The molecule has 0 aliphatic rings. The standard InChI is InChI=1S/C19H13FN6/c1-12-4-2-3-5-15(12)17-23-19-16-10-22-26(14-8-6-13(20)7-9-14)18(16)21-11-25(19)24-17/h2-11H,1H3. The molecule has 0 saturated carbocycles. The summed E-state index contributed by atoms with van der Waals surface area (Å²) in [6.07, 6.45) is 3.32. The lowest BCUT2D eigenvalue weighted by Gasteiger charge is -2.02. The Kier molecular flexibility index (Phi) is 3.08. The molecule has 0 spiro atoms. The van der Waals surface area contributed by atoms with Crippen LogP contribution in [-0.4, -0.2) is 29.4 Å². The van der Waals surface area contributed by atoms with Crippen molar-refractivity contribution < 1.29 is 4.39 Å². The van der Waals surface area contributed by atoms with E-state index >= 15 is 0 Å². The number of aryl methyl sites for hydroxylation is 1. The van der Waals surface area contributed by atoms with E-state index in [1.165, 1.54) is 12.1 Å². The summed E-state index contributed by atoms with van der Waals surface area (Å²) in [6, 6.07) is 14.1. The van der Waals surface area contributed by atoms with Crippen molar-refractivity contribution in [3.63, 3.8) is 0 Å². The maximum atomic E-state index is 13.2. The van der Waals surface area contributed by atoms with Gasteiger partial charge in [-0.25, -0.2) is 23.6 Å². The van der Waals surface area contributed by atoms with Crippen molar-refractivity contribution in [2.24, 2.45) is 0 Å². The van der Waals surface area contributed by atoms with Crippen LogP contribution in [0.3, 0.4) is 0 Å². The van der Waals surface area contributed by atoms with Gasteiger partial charge in [0.2, 0.25) is 0 Å². The van der Waals surface area contributed by atoms with Gasteiger partial charge in [-0.2, -0.15) is 5.10 Å². The van der Waals surface area contributed by atoms with Crippen molar-refractivity contribution in [3.05, 3.63) is 72.4 Å². The largest absolute Gasteiger partial charge is 0.216 e. The molecule has 0 saturated heterocycles. The highest BCUT2D eigenvalue weighted by atomic mass is 19.1. The van der Waals surface area contributed by atoms with Crippen LogP contribution in [-0.2, 0) is 0 Å². The molecule has 0 fully saturated rings. The first kappa shape index (κ1) is 14.7. The fourth-order valence-corrected chi connectivity index (χ4v) is 3.03. The molecule has 0 atom stereocenters. The predicted molar refractivity (Wildman–Crippen MR) is 95.5 cm³/mol. The van der Waals surface area contributed by atoms with Crippen molar-refractivity contribution in [1.82, 2.24) is 29.4 Å². The molecule has 0 bridgehead atoms. The number of hydrogen-bond donors (Lipinski definition) is 0. The van der Waals surface area contributed by atoms with E-state index in [4.69, 9.17) is 4.98 Å². The number of aromatic nitrogens is 6. The Balaban J connectivity index is 1.71. The van der Waals surface area contributed by atoms with E-state index in [1.807, 2.05) is 31.2 Å². The molecule has 0 unspecified atom stereocenters. The molecule has 0 aliphatic heterocycles. The smallest absolute Gasteiger partial charge is 0.182 e. The molecule has 7 heteroatoms. The molecule has 6 nitrogen and oxygen atoms in total. The lowest BCUT2D eigenvalue weighted by atomic mass is 10.1. The number of hydrogen-bond acceptors (Lipinski definition) is 4. The van der Waals surface area contributed by atoms with E-state index in [0.29, 0.717) is 17.1 Å². The molecule has 5 aromatic rings. The maximum Gasteiger partial charge on any atom is 0.182 e. The van der Waals surface area contributed by atoms with Crippen LogP contribution in [0.25, 0.3) is 33.8 Å². The molecule has 0 aliphatic carbocycles. The molecule has 3 heterocycles. The van der Waals surface area contributed by atoms with Crippen molar-refractivity contribution in [2.45, 2.75) is 6.92 Å². The average Bonchev–Trinajstić information content (AvgIpc) is 3.26. The lowest BCUT2D eigenvalue weighted by Crippen LogP contribution is -1.99. The normalized spacial score (nSPS) is 11.5. The van der Waals surface area contributed by atoms with Crippen molar-refractivity contribution in [3.8, 4) is 17.1 Å². The van der Waals surface area contributed by atoms with Crippen molar-refractivity contribution >= 4 is 16.7 Å². The Morgan fingerprint density at radius 2 is 1.77 bits per heavy atom. The maximum absolute atomic E-state index is 13.2. The molecule has 0 N–H and O–H groups in total. The summed E-state index contributed by atoms with van der Waals surface area (Å²) >= 11 is 0. The predicted octanol–water partition coefficient (Wildman–Crippen LogP) is 3.58. The Morgan fingerprint density at radius 3 is 2.58 bits per heavy atom. The van der Waals surface area contributed by atoms with E-state index in [0.717, 1.165) is 22.2 Å². The molecule has 126 valence electrons. The second kappa shape index (κ2) is 5.45. The van der Waals surface area contributed by atoms with Gasteiger partial charge in [-0.1, -0.05) is 24.3 Å². The summed E-state index contributed by atoms with van der Waals surface area (Å²) in [5.41, 5.74) is 4.15. The van der Waals surface area contributed by atoms with Crippen LogP contribution in [0.15, 0.2) is 61.1 Å². The monoisotopic (exact) mass is 344 g/mol. The molecule has 0 amide bonds. The van der Waals surface area contributed by atoms with Gasteiger partial charge in [0.05, 0.1) is 17.3 Å². The van der Waals surface area contributed by atoms with Crippen molar-refractivity contribution in [1.29, 1.82) is 0 Å². The van der Waals surface area contributed by atoms with Gasteiger partial charge in [-0.15, -0.1) is 5.10 Å². The van der Waals surface area contributed by atoms with Gasteiger partial charge in [0.1, 0.15) is 12.1 Å². The van der Waals surface area contributed by atoms with E-state index in [1.54, 1.807) is 33.9 Å². The zero-order valence-electron chi connectivity index (χ0n) is 13.8. The zero-order valence-corrected chi connectivity index (χ0v) is 13.8. The van der Waals surface area contributed by atoms with Crippen LogP contribution >= 0.6 is 0 Å². The van der Waals surface area contributed by atoms with Crippen molar-refractivity contribution in [2.75, 3.05) is 0 Å². The Morgan fingerprint density at radius 1 is 0.962 bits per heavy atom. The molecule has 3 aromatic heterocycles. The van der Waals surface area contributed by atoms with Gasteiger partial charge in [0, 0.05) is 5.56 Å². The van der Waals surface area contributed by atoms with Crippen LogP contribution in [0.4, 0.5) is 4.39 Å². The van der Waals surface area contributed by atoms with Gasteiger partial charge in [-0.3, -0.25) is 0 Å². The zero-order chi connectivity index (χ0) is 17.7. The summed E-state index contributed by atoms with van der Waals surface area (Å²) in [5, 5.41) is 9.72. The second-order valence-electron chi connectivity index (χ2n) is 6.03. The summed E-state index contributed by atoms with van der Waals surface area (Å²) in [5.74, 6) is 0.354. The van der Waals surface area contributed by atoms with E-state index in [-0.39, 0.29) is 5.82 Å². The molecule has 5 rings (SSSR count).